The van der Waals surface area contributed by atoms with Crippen LogP contribution in [-0.2, 0) is 16.1 Å². The van der Waals surface area contributed by atoms with E-state index in [0.29, 0.717) is 23.4 Å². The zero-order valence-electron chi connectivity index (χ0n) is 19.2. The number of nitrogens with one attached hydrogen (secondary N) is 1. The standard InChI is InChI=1S/C27H25FN2O5/c1-15-3-9-22(29-24(32)13-25(33)34)20-11-16(2)30(26(15)20)14-17-4-10-23(31)21(12-17)27(35)18-5-7-19(28)8-6-18/h3-12,27,31,35H,13-14H2,1-2H3,(H,29,32)(H,33,34). The number of amides is 1. The number of hydrogen-bond donors (Lipinski definition) is 4. The van der Waals surface area contributed by atoms with E-state index in [-0.39, 0.29) is 5.75 Å². The average molecular weight is 477 g/mol. The van der Waals surface area contributed by atoms with Crippen molar-refractivity contribution in [2.45, 2.75) is 32.9 Å². The van der Waals surface area contributed by atoms with Gasteiger partial charge in [0, 0.05) is 23.2 Å². The summed E-state index contributed by atoms with van der Waals surface area (Å²) in [4.78, 5) is 22.9. The topological polar surface area (TPSA) is 112 Å². The first-order chi connectivity index (χ1) is 16.6. The molecular formula is C27H25FN2O5. The number of aliphatic hydroxyl groups excluding tert-OH is 1. The molecule has 1 amide bonds. The number of nitrogens with zero attached hydrogens (tertiary/aromatic N) is 1. The fourth-order valence-corrected chi connectivity index (χ4v) is 4.26. The lowest BCUT2D eigenvalue weighted by Crippen LogP contribution is -2.16. The number of aliphatic hydroxyl groups is 1. The molecule has 7 nitrogen and oxygen atoms in total. The number of aromatic nitrogens is 1. The first kappa shape index (κ1) is 24.0. The number of phenols is 1. The Hall–Kier alpha value is -4.17. The molecule has 0 saturated carbocycles. The summed E-state index contributed by atoms with van der Waals surface area (Å²) in [6.45, 7) is 4.30. The molecule has 1 aromatic heterocycles. The third-order valence-electron chi connectivity index (χ3n) is 5.97. The highest BCUT2D eigenvalue weighted by Crippen LogP contribution is 2.33. The molecule has 0 saturated heterocycles. The maximum atomic E-state index is 13.3. The van der Waals surface area contributed by atoms with Crippen LogP contribution in [0, 0.1) is 19.7 Å². The molecule has 1 heterocycles. The molecule has 8 heteroatoms. The van der Waals surface area contributed by atoms with Gasteiger partial charge < -0.3 is 25.2 Å². The van der Waals surface area contributed by atoms with Crippen molar-refractivity contribution in [1.29, 1.82) is 0 Å². The molecule has 0 bridgehead atoms. The number of rotatable bonds is 7. The van der Waals surface area contributed by atoms with Crippen LogP contribution >= 0.6 is 0 Å². The lowest BCUT2D eigenvalue weighted by Gasteiger charge is -2.16. The molecule has 0 fully saturated rings. The normalized spacial score (nSPS) is 12.0. The van der Waals surface area contributed by atoms with Crippen LogP contribution in [0.5, 0.6) is 5.75 Å². The van der Waals surface area contributed by atoms with Gasteiger partial charge in [-0.15, -0.1) is 0 Å². The molecule has 1 unspecified atom stereocenters. The van der Waals surface area contributed by atoms with Crippen LogP contribution in [0.1, 0.15) is 40.5 Å². The van der Waals surface area contributed by atoms with Crippen LogP contribution in [0.2, 0.25) is 0 Å². The average Bonchev–Trinajstić information content (AvgIpc) is 3.13. The fourth-order valence-electron chi connectivity index (χ4n) is 4.26. The Morgan fingerprint density at radius 2 is 1.74 bits per heavy atom. The summed E-state index contributed by atoms with van der Waals surface area (Å²) in [6.07, 6.45) is -1.75. The molecule has 1 atom stereocenters. The number of aliphatic carboxylic acids is 1. The number of phenolic OH excluding ortho intramolecular Hbond substituents is 1. The molecular weight excluding hydrogens is 451 g/mol. The SMILES string of the molecule is Cc1ccc(NC(=O)CC(=O)O)c2cc(C)n(Cc3ccc(O)c(C(O)c4ccc(F)cc4)c3)c12. The Bertz CT molecular complexity index is 1430. The molecule has 35 heavy (non-hydrogen) atoms. The lowest BCUT2D eigenvalue weighted by atomic mass is 9.98. The van der Waals surface area contributed by atoms with Gasteiger partial charge in [0.25, 0.3) is 0 Å². The van der Waals surface area contributed by atoms with Crippen molar-refractivity contribution in [3.63, 3.8) is 0 Å². The number of anilines is 1. The van der Waals surface area contributed by atoms with Gasteiger partial charge in [0.2, 0.25) is 5.91 Å². The number of benzene rings is 3. The summed E-state index contributed by atoms with van der Waals surface area (Å²) < 4.78 is 15.3. The Kier molecular flexibility index (Phi) is 6.57. The first-order valence-electron chi connectivity index (χ1n) is 11.0. The minimum absolute atomic E-state index is 0.0701. The number of carboxylic acids is 1. The monoisotopic (exact) mass is 476 g/mol. The fraction of sp³-hybridized carbons (Fsp3) is 0.185. The molecule has 0 radical (unpaired) electrons. The molecule has 0 aliphatic heterocycles. The second kappa shape index (κ2) is 9.60. The van der Waals surface area contributed by atoms with Gasteiger partial charge in [0.05, 0.1) is 11.2 Å². The smallest absolute Gasteiger partial charge is 0.312 e. The third kappa shape index (κ3) is 5.02. The van der Waals surface area contributed by atoms with E-state index in [1.165, 1.54) is 30.3 Å². The van der Waals surface area contributed by atoms with Crippen molar-refractivity contribution in [2.24, 2.45) is 0 Å². The van der Waals surface area contributed by atoms with Crippen molar-refractivity contribution in [2.75, 3.05) is 5.32 Å². The lowest BCUT2D eigenvalue weighted by molar-refractivity contribution is -0.139. The number of carbonyl (C=O) groups is 2. The Morgan fingerprint density at radius 3 is 2.43 bits per heavy atom. The van der Waals surface area contributed by atoms with Gasteiger partial charge in [-0.3, -0.25) is 9.59 Å². The highest BCUT2D eigenvalue weighted by molar-refractivity contribution is 6.07. The molecule has 4 aromatic rings. The summed E-state index contributed by atoms with van der Waals surface area (Å²) in [5, 5.41) is 33.5. The van der Waals surface area contributed by atoms with Crippen LogP contribution < -0.4 is 5.32 Å². The van der Waals surface area contributed by atoms with Crippen LogP contribution in [0.4, 0.5) is 10.1 Å². The Morgan fingerprint density at radius 1 is 1.03 bits per heavy atom. The van der Waals surface area contributed by atoms with Crippen LogP contribution in [0.3, 0.4) is 0 Å². The van der Waals surface area contributed by atoms with Gasteiger partial charge in [-0.2, -0.15) is 0 Å². The van der Waals surface area contributed by atoms with E-state index in [1.54, 1.807) is 18.2 Å². The van der Waals surface area contributed by atoms with Crippen molar-refractivity contribution < 1.29 is 29.3 Å². The van der Waals surface area contributed by atoms with E-state index in [4.69, 9.17) is 5.11 Å². The van der Waals surface area contributed by atoms with Gasteiger partial charge in [0.1, 0.15) is 24.1 Å². The Labute approximate surface area is 201 Å². The third-order valence-corrected chi connectivity index (χ3v) is 5.97. The maximum Gasteiger partial charge on any atom is 0.312 e. The molecule has 4 rings (SSSR count). The number of aromatic hydroxyl groups is 1. The summed E-state index contributed by atoms with van der Waals surface area (Å²) in [5.74, 6) is -2.29. The molecule has 180 valence electrons. The van der Waals surface area contributed by atoms with Gasteiger partial charge in [-0.1, -0.05) is 24.3 Å². The second-order valence-corrected chi connectivity index (χ2v) is 8.53. The summed E-state index contributed by atoms with van der Waals surface area (Å²) in [7, 11) is 0. The molecule has 0 aliphatic rings. The van der Waals surface area contributed by atoms with Gasteiger partial charge >= 0.3 is 5.97 Å². The number of hydrogen-bond acceptors (Lipinski definition) is 4. The second-order valence-electron chi connectivity index (χ2n) is 8.53. The number of halogens is 1. The highest BCUT2D eigenvalue weighted by Gasteiger charge is 2.18. The van der Waals surface area contributed by atoms with Crippen molar-refractivity contribution in [1.82, 2.24) is 4.57 Å². The largest absolute Gasteiger partial charge is 0.508 e. The zero-order valence-corrected chi connectivity index (χ0v) is 19.2. The van der Waals surface area contributed by atoms with E-state index < -0.39 is 30.2 Å². The van der Waals surface area contributed by atoms with Gasteiger partial charge in [-0.25, -0.2) is 4.39 Å². The van der Waals surface area contributed by atoms with Crippen LogP contribution in [-0.4, -0.2) is 31.8 Å². The highest BCUT2D eigenvalue weighted by atomic mass is 19.1. The number of carbonyl (C=O) groups excluding carboxylic acids is 1. The number of carboxylic acid groups (broad SMARTS) is 1. The molecule has 3 aromatic carbocycles. The molecule has 4 N–H and O–H groups in total. The molecule has 0 aliphatic carbocycles. The van der Waals surface area contributed by atoms with Crippen molar-refractivity contribution in [3.05, 3.63) is 94.4 Å². The maximum absolute atomic E-state index is 13.3. The summed E-state index contributed by atoms with van der Waals surface area (Å²) in [5.41, 5.74) is 4.87. The van der Waals surface area contributed by atoms with Crippen LogP contribution in [0.15, 0.2) is 60.7 Å². The minimum atomic E-state index is -1.20. The van der Waals surface area contributed by atoms with E-state index in [9.17, 15) is 24.2 Å². The van der Waals surface area contributed by atoms with Crippen molar-refractivity contribution >= 4 is 28.5 Å². The molecule has 0 spiro atoms. The van der Waals surface area contributed by atoms with Crippen LogP contribution in [0.25, 0.3) is 10.9 Å². The summed E-state index contributed by atoms with van der Waals surface area (Å²) >= 11 is 0. The predicted octanol–water partition coefficient (Wildman–Crippen LogP) is 4.65. The van der Waals surface area contributed by atoms with E-state index >= 15 is 0 Å². The number of fused-ring (bicyclic) bond motifs is 1. The zero-order chi connectivity index (χ0) is 25.3. The van der Waals surface area contributed by atoms with E-state index in [2.05, 4.69) is 9.88 Å². The quantitative estimate of drug-likeness (QED) is 0.290. The summed E-state index contributed by atoms with van der Waals surface area (Å²) in [6, 6.07) is 16.0. The van der Waals surface area contributed by atoms with E-state index in [1.807, 2.05) is 26.0 Å². The van der Waals surface area contributed by atoms with Crippen molar-refractivity contribution in [3.8, 4) is 5.75 Å². The van der Waals surface area contributed by atoms with Gasteiger partial charge in [-0.05, 0) is 66.9 Å². The van der Waals surface area contributed by atoms with Gasteiger partial charge in [0.15, 0.2) is 0 Å². The first-order valence-corrected chi connectivity index (χ1v) is 11.0. The predicted molar refractivity (Wildman–Crippen MR) is 130 cm³/mol. The van der Waals surface area contributed by atoms with E-state index in [0.717, 1.165) is 27.7 Å². The minimum Gasteiger partial charge on any atom is -0.508 e. The number of aryl methyl sites for hydroxylation is 2. The Balaban J connectivity index is 1.69.